The molecule has 0 bridgehead atoms. The molecule has 0 aliphatic rings. The summed E-state index contributed by atoms with van der Waals surface area (Å²) < 4.78 is 7.92. The van der Waals surface area contributed by atoms with Crippen molar-refractivity contribution in [3.63, 3.8) is 0 Å². The molecule has 2 rings (SSSR count). The van der Waals surface area contributed by atoms with Crippen molar-refractivity contribution in [2.45, 2.75) is 26.4 Å². The van der Waals surface area contributed by atoms with Gasteiger partial charge in [0.15, 0.2) is 5.96 Å². The van der Waals surface area contributed by atoms with Gasteiger partial charge in [0, 0.05) is 38.6 Å². The molecule has 1 aromatic carbocycles. The summed E-state index contributed by atoms with van der Waals surface area (Å²) in [7, 11) is 4.15. The second-order valence-corrected chi connectivity index (χ2v) is 6.69. The van der Waals surface area contributed by atoms with Crippen molar-refractivity contribution < 1.29 is 4.74 Å². The highest BCUT2D eigenvalue weighted by Crippen LogP contribution is 2.13. The maximum absolute atomic E-state index is 5.77. The van der Waals surface area contributed by atoms with Crippen LogP contribution in [0, 0.1) is 0 Å². The van der Waals surface area contributed by atoms with E-state index in [4.69, 9.17) is 4.74 Å². The fourth-order valence-electron chi connectivity index (χ4n) is 2.60. The van der Waals surface area contributed by atoms with Gasteiger partial charge >= 0.3 is 0 Å². The fourth-order valence-corrected chi connectivity index (χ4v) is 2.60. The van der Waals surface area contributed by atoms with E-state index in [0.717, 1.165) is 50.9 Å². The first-order valence-corrected chi connectivity index (χ1v) is 9.67. The Hall–Kier alpha value is -2.47. The summed E-state index contributed by atoms with van der Waals surface area (Å²) in [5.41, 5.74) is 1.17. The van der Waals surface area contributed by atoms with Gasteiger partial charge in [-0.1, -0.05) is 12.1 Å². The third-order valence-electron chi connectivity index (χ3n) is 4.03. The molecule has 148 valence electrons. The maximum atomic E-state index is 5.77. The average molecular weight is 372 g/mol. The second kappa shape index (κ2) is 12.0. The van der Waals surface area contributed by atoms with Crippen molar-refractivity contribution in [3.8, 4) is 5.75 Å². The summed E-state index contributed by atoms with van der Waals surface area (Å²) in [6.07, 6.45) is 5.16. The average Bonchev–Trinajstić information content (AvgIpc) is 3.17. The highest BCUT2D eigenvalue weighted by atomic mass is 16.5. The molecule has 0 fully saturated rings. The van der Waals surface area contributed by atoms with E-state index in [1.807, 2.05) is 24.3 Å². The third kappa shape index (κ3) is 8.64. The normalized spacial score (nSPS) is 11.6. The molecule has 0 amide bonds. The topological polar surface area (TPSA) is 53.8 Å². The van der Waals surface area contributed by atoms with Gasteiger partial charge in [-0.2, -0.15) is 0 Å². The highest BCUT2D eigenvalue weighted by Gasteiger charge is 1.99. The van der Waals surface area contributed by atoms with Gasteiger partial charge in [-0.15, -0.1) is 0 Å². The SMILES string of the molecule is CCNC(=NCc1ccc(OCCCN(C)C)cc1)NCCn1cccc1. The van der Waals surface area contributed by atoms with E-state index >= 15 is 0 Å². The number of guanidine groups is 1. The lowest BCUT2D eigenvalue weighted by atomic mass is 10.2. The van der Waals surface area contributed by atoms with Crippen molar-refractivity contribution in [2.24, 2.45) is 4.99 Å². The Morgan fingerprint density at radius 3 is 2.52 bits per heavy atom. The molecule has 0 saturated carbocycles. The molecule has 0 saturated heterocycles. The molecular formula is C21H33N5O. The van der Waals surface area contributed by atoms with E-state index in [2.05, 4.69) is 70.6 Å². The lowest BCUT2D eigenvalue weighted by molar-refractivity contribution is 0.281. The third-order valence-corrected chi connectivity index (χ3v) is 4.03. The van der Waals surface area contributed by atoms with E-state index in [9.17, 15) is 0 Å². The molecule has 0 radical (unpaired) electrons. The molecule has 1 aromatic heterocycles. The van der Waals surface area contributed by atoms with Gasteiger partial charge in [-0.3, -0.25) is 0 Å². The summed E-state index contributed by atoms with van der Waals surface area (Å²) in [4.78, 5) is 6.83. The first-order valence-electron chi connectivity index (χ1n) is 9.67. The Kier molecular flexibility index (Phi) is 9.27. The lowest BCUT2D eigenvalue weighted by Gasteiger charge is -2.12. The Labute approximate surface area is 163 Å². The zero-order valence-electron chi connectivity index (χ0n) is 16.8. The van der Waals surface area contributed by atoms with Crippen molar-refractivity contribution in [3.05, 3.63) is 54.4 Å². The van der Waals surface area contributed by atoms with Crippen molar-refractivity contribution in [1.82, 2.24) is 20.1 Å². The van der Waals surface area contributed by atoms with E-state index in [1.54, 1.807) is 0 Å². The summed E-state index contributed by atoms with van der Waals surface area (Å²) in [6.45, 7) is 7.08. The van der Waals surface area contributed by atoms with Gasteiger partial charge in [-0.25, -0.2) is 4.99 Å². The zero-order chi connectivity index (χ0) is 19.3. The molecule has 0 unspecified atom stereocenters. The quantitative estimate of drug-likeness (QED) is 0.362. The van der Waals surface area contributed by atoms with Crippen molar-refractivity contribution >= 4 is 5.96 Å². The van der Waals surface area contributed by atoms with Crippen LogP contribution in [-0.2, 0) is 13.1 Å². The molecule has 0 aliphatic heterocycles. The van der Waals surface area contributed by atoms with Crippen LogP contribution in [-0.4, -0.2) is 55.8 Å². The number of aliphatic imine (C=N–C) groups is 1. The van der Waals surface area contributed by atoms with Crippen LogP contribution in [0.2, 0.25) is 0 Å². The van der Waals surface area contributed by atoms with Crippen LogP contribution in [0.1, 0.15) is 18.9 Å². The number of rotatable bonds is 11. The van der Waals surface area contributed by atoms with Gasteiger partial charge in [0.1, 0.15) is 5.75 Å². The number of hydrogen-bond donors (Lipinski definition) is 2. The van der Waals surface area contributed by atoms with E-state index in [0.29, 0.717) is 6.54 Å². The Morgan fingerprint density at radius 1 is 1.11 bits per heavy atom. The number of aromatic nitrogens is 1. The van der Waals surface area contributed by atoms with Crippen molar-refractivity contribution in [1.29, 1.82) is 0 Å². The largest absolute Gasteiger partial charge is 0.494 e. The van der Waals surface area contributed by atoms with E-state index in [1.165, 1.54) is 5.56 Å². The van der Waals surface area contributed by atoms with Gasteiger partial charge in [0.05, 0.1) is 13.2 Å². The first-order chi connectivity index (χ1) is 13.2. The summed E-state index contributed by atoms with van der Waals surface area (Å²) in [5.74, 6) is 1.76. The Morgan fingerprint density at radius 2 is 1.85 bits per heavy atom. The van der Waals surface area contributed by atoms with Crippen LogP contribution in [0.5, 0.6) is 5.75 Å². The van der Waals surface area contributed by atoms with Gasteiger partial charge in [0.25, 0.3) is 0 Å². The van der Waals surface area contributed by atoms with Crippen LogP contribution in [0.15, 0.2) is 53.8 Å². The molecule has 0 spiro atoms. The van der Waals surface area contributed by atoms with E-state index < -0.39 is 0 Å². The zero-order valence-corrected chi connectivity index (χ0v) is 16.8. The summed E-state index contributed by atoms with van der Waals surface area (Å²) >= 11 is 0. The number of nitrogens with one attached hydrogen (secondary N) is 2. The van der Waals surface area contributed by atoms with E-state index in [-0.39, 0.29) is 0 Å². The van der Waals surface area contributed by atoms with Gasteiger partial charge in [0.2, 0.25) is 0 Å². The van der Waals surface area contributed by atoms with Crippen LogP contribution >= 0.6 is 0 Å². The first kappa shape index (κ1) is 20.8. The number of benzene rings is 1. The molecular weight excluding hydrogens is 338 g/mol. The number of nitrogens with zero attached hydrogens (tertiary/aromatic N) is 3. The molecule has 1 heterocycles. The van der Waals surface area contributed by atoms with Crippen LogP contribution < -0.4 is 15.4 Å². The number of ether oxygens (including phenoxy) is 1. The molecule has 0 atom stereocenters. The Balaban J connectivity index is 1.76. The number of hydrogen-bond acceptors (Lipinski definition) is 3. The van der Waals surface area contributed by atoms with Crippen LogP contribution in [0.25, 0.3) is 0 Å². The monoisotopic (exact) mass is 371 g/mol. The summed E-state index contributed by atoms with van der Waals surface area (Å²) in [5, 5.41) is 6.66. The molecule has 27 heavy (non-hydrogen) atoms. The standard InChI is InChI=1S/C21H33N5O/c1-4-22-21(23-12-16-26-14-5-6-15-26)24-18-19-8-10-20(11-9-19)27-17-7-13-25(2)3/h5-6,8-11,14-15H,4,7,12-13,16-18H2,1-3H3,(H2,22,23,24). The molecule has 2 aromatic rings. The minimum Gasteiger partial charge on any atom is -0.494 e. The van der Waals surface area contributed by atoms with Gasteiger partial charge in [-0.05, 0) is 57.3 Å². The maximum Gasteiger partial charge on any atom is 0.191 e. The minimum absolute atomic E-state index is 0.639. The van der Waals surface area contributed by atoms with Crippen LogP contribution in [0.3, 0.4) is 0 Å². The smallest absolute Gasteiger partial charge is 0.191 e. The summed E-state index contributed by atoms with van der Waals surface area (Å²) in [6, 6.07) is 12.3. The van der Waals surface area contributed by atoms with Crippen LogP contribution in [0.4, 0.5) is 0 Å². The molecule has 2 N–H and O–H groups in total. The molecule has 6 nitrogen and oxygen atoms in total. The molecule has 0 aliphatic carbocycles. The fraction of sp³-hybridized carbons (Fsp3) is 0.476. The second-order valence-electron chi connectivity index (χ2n) is 6.69. The molecule has 6 heteroatoms. The lowest BCUT2D eigenvalue weighted by Crippen LogP contribution is -2.38. The Bertz CT molecular complexity index is 650. The highest BCUT2D eigenvalue weighted by molar-refractivity contribution is 5.79. The predicted molar refractivity (Wildman–Crippen MR) is 112 cm³/mol. The minimum atomic E-state index is 0.639. The predicted octanol–water partition coefficient (Wildman–Crippen LogP) is 2.57. The van der Waals surface area contributed by atoms with Gasteiger partial charge < -0.3 is 24.8 Å². The van der Waals surface area contributed by atoms with Crippen molar-refractivity contribution in [2.75, 3.05) is 40.3 Å².